The smallest absolute Gasteiger partial charge is 0.0712 e. The molecule has 3 N–H and O–H groups in total. The second kappa shape index (κ2) is 6.08. The lowest BCUT2D eigenvalue weighted by Gasteiger charge is -2.18. The molecule has 2 aromatic heterocycles. The topological polar surface area (TPSA) is 68.8 Å². The van der Waals surface area contributed by atoms with E-state index in [2.05, 4.69) is 38.4 Å². The lowest BCUT2D eigenvalue weighted by molar-refractivity contribution is 0.488. The van der Waals surface area contributed by atoms with Crippen LogP contribution in [-0.4, -0.2) is 14.8 Å². The number of hydrogen-bond acceptors (Lipinski definition) is 4. The quantitative estimate of drug-likeness (QED) is 0.653. The van der Waals surface area contributed by atoms with Crippen LogP contribution in [0.1, 0.15) is 24.2 Å². The Morgan fingerprint density at radius 3 is 2.94 bits per heavy atom. The van der Waals surface area contributed by atoms with Crippen LogP contribution in [0.4, 0.5) is 0 Å². The molecule has 0 bridgehead atoms. The van der Waals surface area contributed by atoms with Gasteiger partial charge in [0.1, 0.15) is 0 Å². The Kier molecular flexibility index (Phi) is 4.46. The number of nitrogens with one attached hydrogen (secondary N) is 1. The maximum absolute atomic E-state index is 5.67. The summed E-state index contributed by atoms with van der Waals surface area (Å²) in [6.07, 6.45) is 6.19. The molecule has 5 nitrogen and oxygen atoms in total. The molecule has 0 fully saturated rings. The number of aryl methyl sites for hydroxylation is 1. The lowest BCUT2D eigenvalue weighted by Crippen LogP contribution is -2.31. The third kappa shape index (κ3) is 2.77. The third-order valence-corrected chi connectivity index (χ3v) is 3.44. The van der Waals surface area contributed by atoms with Gasteiger partial charge < -0.3 is 0 Å². The van der Waals surface area contributed by atoms with Crippen molar-refractivity contribution in [2.24, 2.45) is 5.84 Å². The summed E-state index contributed by atoms with van der Waals surface area (Å²) in [5.74, 6) is 5.67. The van der Waals surface area contributed by atoms with Crippen molar-refractivity contribution in [1.29, 1.82) is 0 Å². The molecule has 2 aromatic rings. The van der Waals surface area contributed by atoms with E-state index in [1.165, 1.54) is 0 Å². The summed E-state index contributed by atoms with van der Waals surface area (Å²) in [7, 11) is 0. The first-order chi connectivity index (χ1) is 8.76. The van der Waals surface area contributed by atoms with Crippen LogP contribution in [0, 0.1) is 0 Å². The van der Waals surface area contributed by atoms with Crippen LogP contribution >= 0.6 is 15.9 Å². The summed E-state index contributed by atoms with van der Waals surface area (Å²) in [5, 5.41) is 4.30. The van der Waals surface area contributed by atoms with Crippen LogP contribution in [0.2, 0.25) is 0 Å². The van der Waals surface area contributed by atoms with Crippen molar-refractivity contribution in [2.75, 3.05) is 0 Å². The Balaban J connectivity index is 2.25. The van der Waals surface area contributed by atoms with Crippen LogP contribution in [0.3, 0.4) is 0 Å². The summed E-state index contributed by atoms with van der Waals surface area (Å²) in [6, 6.07) is 3.97. The maximum atomic E-state index is 5.67. The van der Waals surface area contributed by atoms with Crippen LogP contribution < -0.4 is 11.3 Å². The molecule has 1 atom stereocenters. The molecule has 0 aliphatic heterocycles. The van der Waals surface area contributed by atoms with Crippen molar-refractivity contribution in [3.05, 3.63) is 46.5 Å². The van der Waals surface area contributed by atoms with Crippen molar-refractivity contribution in [3.63, 3.8) is 0 Å². The highest BCUT2D eigenvalue weighted by Crippen LogP contribution is 2.25. The van der Waals surface area contributed by atoms with E-state index >= 15 is 0 Å². The molecule has 1 unspecified atom stereocenters. The van der Waals surface area contributed by atoms with Gasteiger partial charge in [0.05, 0.1) is 22.4 Å². The van der Waals surface area contributed by atoms with E-state index in [1.807, 2.05) is 23.0 Å². The standard InChI is InChI=1S/C12H16BrN5/c1-2-18-12(10(13)8-16-18)11(17-14)6-9-4-3-5-15-7-9/h3-5,7-8,11,17H,2,6,14H2,1H3. The highest BCUT2D eigenvalue weighted by Gasteiger charge is 2.18. The Morgan fingerprint density at radius 2 is 2.33 bits per heavy atom. The molecule has 0 aliphatic carbocycles. The van der Waals surface area contributed by atoms with Crippen molar-refractivity contribution in [1.82, 2.24) is 20.2 Å². The van der Waals surface area contributed by atoms with Gasteiger partial charge in [-0.1, -0.05) is 6.07 Å². The Bertz CT molecular complexity index is 496. The molecule has 0 amide bonds. The van der Waals surface area contributed by atoms with Crippen LogP contribution in [-0.2, 0) is 13.0 Å². The minimum absolute atomic E-state index is 0.00558. The summed E-state index contributed by atoms with van der Waals surface area (Å²) in [6.45, 7) is 2.87. The molecule has 6 heteroatoms. The average molecular weight is 310 g/mol. The molecule has 2 heterocycles. The molecule has 2 rings (SSSR count). The largest absolute Gasteiger partial charge is 0.271 e. The zero-order valence-corrected chi connectivity index (χ0v) is 11.8. The summed E-state index contributed by atoms with van der Waals surface area (Å²) >= 11 is 3.52. The van der Waals surface area contributed by atoms with Gasteiger partial charge >= 0.3 is 0 Å². The minimum atomic E-state index is 0.00558. The number of hydrogen-bond donors (Lipinski definition) is 2. The minimum Gasteiger partial charge on any atom is -0.271 e. The normalized spacial score (nSPS) is 12.6. The number of aromatic nitrogens is 3. The van der Waals surface area contributed by atoms with Gasteiger partial charge in [-0.05, 0) is 40.9 Å². The number of nitrogens with zero attached hydrogens (tertiary/aromatic N) is 3. The van der Waals surface area contributed by atoms with E-state index in [-0.39, 0.29) is 6.04 Å². The van der Waals surface area contributed by atoms with Crippen LogP contribution in [0.15, 0.2) is 35.2 Å². The number of pyridine rings is 1. The summed E-state index contributed by atoms with van der Waals surface area (Å²) in [5.41, 5.74) is 5.04. The molecule has 0 saturated heterocycles. The molecule has 0 spiro atoms. The van der Waals surface area contributed by atoms with Crippen molar-refractivity contribution in [3.8, 4) is 0 Å². The van der Waals surface area contributed by atoms with Crippen LogP contribution in [0.5, 0.6) is 0 Å². The first-order valence-electron chi connectivity index (χ1n) is 5.82. The zero-order valence-electron chi connectivity index (χ0n) is 10.2. The van der Waals surface area contributed by atoms with E-state index in [9.17, 15) is 0 Å². The SMILES string of the molecule is CCn1ncc(Br)c1C(Cc1cccnc1)NN. The van der Waals surface area contributed by atoms with Gasteiger partial charge in [-0.15, -0.1) is 0 Å². The lowest BCUT2D eigenvalue weighted by atomic mass is 10.1. The van der Waals surface area contributed by atoms with E-state index in [0.717, 1.165) is 28.7 Å². The van der Waals surface area contributed by atoms with Crippen molar-refractivity contribution < 1.29 is 0 Å². The maximum Gasteiger partial charge on any atom is 0.0712 e. The fourth-order valence-electron chi connectivity index (χ4n) is 1.96. The van der Waals surface area contributed by atoms with E-state index < -0.39 is 0 Å². The van der Waals surface area contributed by atoms with Gasteiger partial charge in [0.15, 0.2) is 0 Å². The molecule has 0 aromatic carbocycles. The molecule has 0 radical (unpaired) electrons. The molecule has 0 aliphatic rings. The Labute approximate surface area is 115 Å². The third-order valence-electron chi connectivity index (χ3n) is 2.83. The van der Waals surface area contributed by atoms with Gasteiger partial charge in [0, 0.05) is 18.9 Å². The number of halogens is 1. The van der Waals surface area contributed by atoms with Crippen molar-refractivity contribution in [2.45, 2.75) is 25.9 Å². The van der Waals surface area contributed by atoms with Gasteiger partial charge in [0.25, 0.3) is 0 Å². The number of rotatable bonds is 5. The monoisotopic (exact) mass is 309 g/mol. The fourth-order valence-corrected chi connectivity index (χ4v) is 2.53. The predicted octanol–water partition coefficient (Wildman–Crippen LogP) is 1.81. The van der Waals surface area contributed by atoms with Gasteiger partial charge in [0.2, 0.25) is 0 Å². The summed E-state index contributed by atoms with van der Waals surface area (Å²) in [4.78, 5) is 4.12. The fraction of sp³-hybridized carbons (Fsp3) is 0.333. The second-order valence-electron chi connectivity index (χ2n) is 3.98. The van der Waals surface area contributed by atoms with Gasteiger partial charge in [-0.25, -0.2) is 0 Å². The first-order valence-corrected chi connectivity index (χ1v) is 6.61. The zero-order chi connectivity index (χ0) is 13.0. The second-order valence-corrected chi connectivity index (χ2v) is 4.83. The molecule has 96 valence electrons. The summed E-state index contributed by atoms with van der Waals surface area (Å²) < 4.78 is 2.90. The Morgan fingerprint density at radius 1 is 1.50 bits per heavy atom. The molecular weight excluding hydrogens is 294 g/mol. The van der Waals surface area contributed by atoms with E-state index in [0.29, 0.717) is 0 Å². The average Bonchev–Trinajstić information content (AvgIpc) is 2.78. The predicted molar refractivity (Wildman–Crippen MR) is 73.6 cm³/mol. The van der Waals surface area contributed by atoms with Crippen molar-refractivity contribution >= 4 is 15.9 Å². The van der Waals surface area contributed by atoms with E-state index in [4.69, 9.17) is 5.84 Å². The number of hydrazine groups is 1. The van der Waals surface area contributed by atoms with E-state index in [1.54, 1.807) is 12.4 Å². The van der Waals surface area contributed by atoms with Gasteiger partial charge in [-0.2, -0.15) is 5.10 Å². The molecule has 18 heavy (non-hydrogen) atoms. The highest BCUT2D eigenvalue weighted by atomic mass is 79.9. The van der Waals surface area contributed by atoms with Crippen LogP contribution in [0.25, 0.3) is 0 Å². The Hall–Kier alpha value is -1.24. The molecule has 0 saturated carbocycles. The highest BCUT2D eigenvalue weighted by molar-refractivity contribution is 9.10. The first kappa shape index (κ1) is 13.2. The number of nitrogens with two attached hydrogens (primary N) is 1. The van der Waals surface area contributed by atoms with Gasteiger partial charge in [-0.3, -0.25) is 20.9 Å². The molecular formula is C12H16BrN5.